The SMILES string of the molecule is Cc1oc(-c2ccc(F)cc2)nc1CC(=O)NC[C@H]1CN(CC(=O)c2ccc(F)cc2)CCO1. The molecule has 7 nitrogen and oxygen atoms in total. The van der Waals surface area contributed by atoms with Crippen molar-refractivity contribution in [2.75, 3.05) is 32.8 Å². The number of aryl methyl sites for hydroxylation is 1. The van der Waals surface area contributed by atoms with Crippen LogP contribution in [0.1, 0.15) is 21.8 Å². The molecule has 0 saturated carbocycles. The molecule has 0 bridgehead atoms. The van der Waals surface area contributed by atoms with E-state index in [1.54, 1.807) is 19.1 Å². The fourth-order valence-corrected chi connectivity index (χ4v) is 3.73. The number of rotatable bonds is 8. The highest BCUT2D eigenvalue weighted by Gasteiger charge is 2.23. The molecule has 1 fully saturated rings. The molecule has 0 unspecified atom stereocenters. The van der Waals surface area contributed by atoms with Crippen LogP contribution in [0.5, 0.6) is 0 Å². The van der Waals surface area contributed by atoms with E-state index >= 15 is 0 Å². The van der Waals surface area contributed by atoms with Gasteiger partial charge in [-0.3, -0.25) is 14.5 Å². The van der Waals surface area contributed by atoms with E-state index in [-0.39, 0.29) is 42.4 Å². The van der Waals surface area contributed by atoms with E-state index in [1.807, 2.05) is 4.90 Å². The van der Waals surface area contributed by atoms with Crippen LogP contribution >= 0.6 is 0 Å². The van der Waals surface area contributed by atoms with Gasteiger partial charge in [-0.15, -0.1) is 0 Å². The predicted molar refractivity (Wildman–Crippen MR) is 120 cm³/mol. The van der Waals surface area contributed by atoms with Crippen LogP contribution < -0.4 is 5.32 Å². The maximum Gasteiger partial charge on any atom is 0.226 e. The third kappa shape index (κ3) is 6.12. The Labute approximate surface area is 195 Å². The summed E-state index contributed by atoms with van der Waals surface area (Å²) in [4.78, 5) is 31.3. The minimum Gasteiger partial charge on any atom is -0.441 e. The van der Waals surface area contributed by atoms with Crippen molar-refractivity contribution in [1.29, 1.82) is 0 Å². The summed E-state index contributed by atoms with van der Waals surface area (Å²) in [6.07, 6.45) is -0.220. The lowest BCUT2D eigenvalue weighted by molar-refractivity contribution is -0.121. The summed E-state index contributed by atoms with van der Waals surface area (Å²) in [7, 11) is 0. The Bertz CT molecular complexity index is 1150. The predicted octanol–water partition coefficient (Wildman–Crippen LogP) is 3.17. The van der Waals surface area contributed by atoms with Crippen LogP contribution in [0.4, 0.5) is 8.78 Å². The van der Waals surface area contributed by atoms with Crippen molar-refractivity contribution in [3.8, 4) is 11.5 Å². The molecule has 1 atom stereocenters. The van der Waals surface area contributed by atoms with Crippen molar-refractivity contribution in [3.05, 3.63) is 77.2 Å². The van der Waals surface area contributed by atoms with Gasteiger partial charge in [0, 0.05) is 30.8 Å². The van der Waals surface area contributed by atoms with Crippen LogP contribution in [0.15, 0.2) is 52.9 Å². The monoisotopic (exact) mass is 469 g/mol. The van der Waals surface area contributed by atoms with E-state index in [4.69, 9.17) is 9.15 Å². The first kappa shape index (κ1) is 23.7. The third-order valence-corrected chi connectivity index (χ3v) is 5.60. The largest absolute Gasteiger partial charge is 0.441 e. The molecule has 2 heterocycles. The molecular weight excluding hydrogens is 444 g/mol. The van der Waals surface area contributed by atoms with Gasteiger partial charge in [-0.05, 0) is 55.5 Å². The van der Waals surface area contributed by atoms with Crippen molar-refractivity contribution >= 4 is 11.7 Å². The van der Waals surface area contributed by atoms with Crippen LogP contribution in [0.2, 0.25) is 0 Å². The molecule has 4 rings (SSSR count). The number of hydrogen-bond donors (Lipinski definition) is 1. The third-order valence-electron chi connectivity index (χ3n) is 5.60. The molecule has 1 aliphatic heterocycles. The molecule has 1 aromatic heterocycles. The lowest BCUT2D eigenvalue weighted by Gasteiger charge is -2.32. The molecule has 0 radical (unpaired) electrons. The zero-order valence-corrected chi connectivity index (χ0v) is 18.7. The van der Waals surface area contributed by atoms with Gasteiger partial charge in [0.2, 0.25) is 11.8 Å². The van der Waals surface area contributed by atoms with E-state index in [9.17, 15) is 18.4 Å². The van der Waals surface area contributed by atoms with Crippen LogP contribution in [-0.2, 0) is 16.0 Å². The number of ether oxygens (including phenoxy) is 1. The first-order valence-corrected chi connectivity index (χ1v) is 11.0. The van der Waals surface area contributed by atoms with Gasteiger partial charge >= 0.3 is 0 Å². The number of halogens is 2. The van der Waals surface area contributed by atoms with Crippen LogP contribution in [0.25, 0.3) is 11.5 Å². The summed E-state index contributed by atoms with van der Waals surface area (Å²) in [5, 5.41) is 2.85. The molecule has 3 aromatic rings. The quantitative estimate of drug-likeness (QED) is 0.510. The zero-order chi connectivity index (χ0) is 24.1. The number of morpholine rings is 1. The molecule has 178 valence electrons. The van der Waals surface area contributed by atoms with Crippen molar-refractivity contribution in [2.45, 2.75) is 19.4 Å². The zero-order valence-electron chi connectivity index (χ0n) is 18.7. The van der Waals surface area contributed by atoms with Crippen molar-refractivity contribution < 1.29 is 27.5 Å². The van der Waals surface area contributed by atoms with Crippen LogP contribution in [-0.4, -0.2) is 60.5 Å². The summed E-state index contributed by atoms with van der Waals surface area (Å²) in [6.45, 7) is 3.75. The second-order valence-electron chi connectivity index (χ2n) is 8.17. The van der Waals surface area contributed by atoms with Gasteiger partial charge in [0.25, 0.3) is 0 Å². The Morgan fingerprint density at radius 3 is 2.47 bits per heavy atom. The summed E-state index contributed by atoms with van der Waals surface area (Å²) in [5.74, 6) is -0.208. The van der Waals surface area contributed by atoms with Crippen molar-refractivity contribution in [2.24, 2.45) is 0 Å². The summed E-state index contributed by atoms with van der Waals surface area (Å²) in [6, 6.07) is 11.3. The first-order valence-electron chi connectivity index (χ1n) is 11.0. The van der Waals surface area contributed by atoms with Gasteiger partial charge in [0.05, 0.1) is 31.4 Å². The minimum atomic E-state index is -0.383. The molecule has 1 saturated heterocycles. The smallest absolute Gasteiger partial charge is 0.226 e. The molecule has 1 aliphatic rings. The highest BCUT2D eigenvalue weighted by molar-refractivity contribution is 5.97. The molecule has 0 spiro atoms. The number of ketones is 1. The van der Waals surface area contributed by atoms with Gasteiger partial charge in [-0.25, -0.2) is 13.8 Å². The maximum absolute atomic E-state index is 13.1. The number of amides is 1. The number of aromatic nitrogens is 1. The first-order chi connectivity index (χ1) is 16.4. The topological polar surface area (TPSA) is 84.7 Å². The Balaban J connectivity index is 1.26. The van der Waals surface area contributed by atoms with E-state index in [0.29, 0.717) is 54.7 Å². The molecule has 34 heavy (non-hydrogen) atoms. The van der Waals surface area contributed by atoms with E-state index in [2.05, 4.69) is 10.3 Å². The lowest BCUT2D eigenvalue weighted by Crippen LogP contribution is -2.49. The van der Waals surface area contributed by atoms with Crippen molar-refractivity contribution in [1.82, 2.24) is 15.2 Å². The Morgan fingerprint density at radius 2 is 1.76 bits per heavy atom. The Kier molecular flexibility index (Phi) is 7.44. The van der Waals surface area contributed by atoms with Gasteiger partial charge in [-0.2, -0.15) is 0 Å². The van der Waals surface area contributed by atoms with Crippen LogP contribution in [0.3, 0.4) is 0 Å². The normalized spacial score (nSPS) is 16.4. The number of carbonyl (C=O) groups is 2. The summed E-state index contributed by atoms with van der Waals surface area (Å²) >= 11 is 0. The van der Waals surface area contributed by atoms with Gasteiger partial charge in [-0.1, -0.05) is 0 Å². The fourth-order valence-electron chi connectivity index (χ4n) is 3.73. The number of nitrogens with one attached hydrogen (secondary N) is 1. The number of hydrogen-bond acceptors (Lipinski definition) is 6. The molecule has 0 aliphatic carbocycles. The fraction of sp³-hybridized carbons (Fsp3) is 0.320. The minimum absolute atomic E-state index is 0.0377. The molecule has 2 aromatic carbocycles. The number of carbonyl (C=O) groups excluding carboxylic acids is 2. The van der Waals surface area contributed by atoms with E-state index in [1.165, 1.54) is 36.4 Å². The molecule has 1 amide bonds. The lowest BCUT2D eigenvalue weighted by atomic mass is 10.1. The van der Waals surface area contributed by atoms with E-state index < -0.39 is 0 Å². The highest BCUT2D eigenvalue weighted by atomic mass is 19.1. The molecule has 1 N–H and O–H groups in total. The van der Waals surface area contributed by atoms with Gasteiger partial charge in [0.1, 0.15) is 17.4 Å². The average molecular weight is 469 g/mol. The number of benzene rings is 2. The summed E-state index contributed by atoms with van der Waals surface area (Å²) in [5.41, 5.74) is 1.59. The molecular formula is C25H25F2N3O4. The second-order valence-corrected chi connectivity index (χ2v) is 8.17. The standard InChI is InChI=1S/C25H25F2N3O4/c1-16-22(29-25(34-16)18-4-8-20(27)9-5-18)12-24(32)28-13-21-14-30(10-11-33-21)15-23(31)17-2-6-19(26)7-3-17/h2-9,21H,10-15H2,1H3,(H,28,32)/t21-/m0/s1. The van der Waals surface area contributed by atoms with Crippen LogP contribution in [0, 0.1) is 18.6 Å². The Morgan fingerprint density at radius 1 is 1.09 bits per heavy atom. The number of Topliss-reactive ketones (excluding diaryl/α,β-unsaturated/α-hetero) is 1. The van der Waals surface area contributed by atoms with Crippen molar-refractivity contribution in [3.63, 3.8) is 0 Å². The summed E-state index contributed by atoms with van der Waals surface area (Å²) < 4.78 is 37.6. The average Bonchev–Trinajstić information content (AvgIpc) is 3.18. The maximum atomic E-state index is 13.1. The Hall–Kier alpha value is -3.43. The highest BCUT2D eigenvalue weighted by Crippen LogP contribution is 2.22. The van der Waals surface area contributed by atoms with E-state index in [0.717, 1.165) is 0 Å². The molecule has 9 heteroatoms. The number of oxazole rings is 1. The van der Waals surface area contributed by atoms with Gasteiger partial charge in [0.15, 0.2) is 5.78 Å². The number of nitrogens with zero attached hydrogens (tertiary/aromatic N) is 2. The second kappa shape index (κ2) is 10.7. The van der Waals surface area contributed by atoms with Gasteiger partial charge < -0.3 is 14.5 Å².